The van der Waals surface area contributed by atoms with Gasteiger partial charge in [0.1, 0.15) is 11.1 Å². The van der Waals surface area contributed by atoms with Gasteiger partial charge in [0.15, 0.2) is 6.61 Å². The number of rotatable bonds is 6. The van der Waals surface area contributed by atoms with E-state index in [2.05, 4.69) is 10.6 Å². The largest absolute Gasteiger partial charge is 0.452 e. The Balaban J connectivity index is 2.67. The molecule has 2 amide bonds. The van der Waals surface area contributed by atoms with Crippen molar-refractivity contribution in [2.24, 2.45) is 5.92 Å². The number of anilines is 1. The number of amides is 2. The number of esters is 1. The third kappa shape index (κ3) is 7.27. The Morgan fingerprint density at radius 3 is 2.36 bits per heavy atom. The molecule has 1 aromatic carbocycles. The van der Waals surface area contributed by atoms with Gasteiger partial charge in [-0.05, 0) is 51.8 Å². The Morgan fingerprint density at radius 2 is 1.82 bits per heavy atom. The molecule has 0 unspecified atom stereocenters. The van der Waals surface area contributed by atoms with Crippen LogP contribution in [0.5, 0.6) is 0 Å². The van der Waals surface area contributed by atoms with Crippen LogP contribution in [0.3, 0.4) is 0 Å². The van der Waals surface area contributed by atoms with Crippen molar-refractivity contribution in [2.45, 2.75) is 52.7 Å². The molecule has 0 saturated carbocycles. The van der Waals surface area contributed by atoms with Crippen LogP contribution in [0.15, 0.2) is 24.3 Å². The highest BCUT2D eigenvalue weighted by Gasteiger charge is 2.30. The van der Waals surface area contributed by atoms with Crippen molar-refractivity contribution in [1.82, 2.24) is 5.32 Å². The van der Waals surface area contributed by atoms with E-state index in [0.29, 0.717) is 5.69 Å². The van der Waals surface area contributed by atoms with Crippen LogP contribution in [0.2, 0.25) is 0 Å². The maximum atomic E-state index is 12.2. The van der Waals surface area contributed by atoms with E-state index in [1.807, 2.05) is 6.07 Å². The molecule has 152 valence electrons. The second kappa shape index (κ2) is 9.22. The van der Waals surface area contributed by atoms with Gasteiger partial charge in [0.25, 0.3) is 5.91 Å². The van der Waals surface area contributed by atoms with Gasteiger partial charge >= 0.3 is 12.1 Å². The van der Waals surface area contributed by atoms with E-state index in [1.54, 1.807) is 53.7 Å². The molecule has 0 aromatic heterocycles. The molecule has 28 heavy (non-hydrogen) atoms. The highest BCUT2D eigenvalue weighted by molar-refractivity contribution is 5.94. The average molecular weight is 389 g/mol. The third-order valence-corrected chi connectivity index (χ3v) is 3.86. The summed E-state index contributed by atoms with van der Waals surface area (Å²) in [5, 5.41) is 14.3. The van der Waals surface area contributed by atoms with Crippen LogP contribution >= 0.6 is 0 Å². The van der Waals surface area contributed by atoms with E-state index in [-0.39, 0.29) is 11.5 Å². The Kier molecular flexibility index (Phi) is 7.56. The van der Waals surface area contributed by atoms with Crippen molar-refractivity contribution in [3.05, 3.63) is 29.8 Å². The number of nitrogens with zero attached hydrogens (tertiary/aromatic N) is 1. The monoisotopic (exact) mass is 389 g/mol. The summed E-state index contributed by atoms with van der Waals surface area (Å²) in [6, 6.07) is 8.11. The zero-order valence-electron chi connectivity index (χ0n) is 17.1. The molecule has 1 rings (SSSR count). The predicted molar refractivity (Wildman–Crippen MR) is 104 cm³/mol. The number of hydrogen-bond acceptors (Lipinski definition) is 6. The summed E-state index contributed by atoms with van der Waals surface area (Å²) in [5.41, 5.74) is -1.19. The second-order valence-electron chi connectivity index (χ2n) is 7.80. The van der Waals surface area contributed by atoms with Crippen molar-refractivity contribution in [3.63, 3.8) is 0 Å². The van der Waals surface area contributed by atoms with Crippen LogP contribution in [0, 0.1) is 17.2 Å². The van der Waals surface area contributed by atoms with Crippen molar-refractivity contribution in [1.29, 1.82) is 5.26 Å². The normalized spacial score (nSPS) is 13.1. The van der Waals surface area contributed by atoms with Gasteiger partial charge in [-0.25, -0.2) is 9.59 Å². The third-order valence-electron chi connectivity index (χ3n) is 3.86. The molecule has 0 saturated heterocycles. The molecule has 0 spiro atoms. The van der Waals surface area contributed by atoms with Gasteiger partial charge in [-0.2, -0.15) is 5.26 Å². The summed E-state index contributed by atoms with van der Waals surface area (Å²) in [7, 11) is 0. The first kappa shape index (κ1) is 23.0. The molecule has 8 nitrogen and oxygen atoms in total. The number of hydrogen-bond donors (Lipinski definition) is 2. The van der Waals surface area contributed by atoms with E-state index >= 15 is 0 Å². The average Bonchev–Trinajstić information content (AvgIpc) is 2.57. The Labute approximate surface area is 165 Å². The number of nitriles is 1. The van der Waals surface area contributed by atoms with Gasteiger partial charge in [0, 0.05) is 5.69 Å². The first-order valence-electron chi connectivity index (χ1n) is 8.86. The highest BCUT2D eigenvalue weighted by Crippen LogP contribution is 2.16. The van der Waals surface area contributed by atoms with Gasteiger partial charge in [-0.15, -0.1) is 0 Å². The maximum Gasteiger partial charge on any atom is 0.412 e. The van der Waals surface area contributed by atoms with E-state index in [4.69, 9.17) is 9.47 Å². The quantitative estimate of drug-likeness (QED) is 0.721. The van der Waals surface area contributed by atoms with Crippen LogP contribution in [0.25, 0.3) is 0 Å². The fourth-order valence-corrected chi connectivity index (χ4v) is 1.99. The predicted octanol–water partition coefficient (Wildman–Crippen LogP) is 3.24. The second-order valence-corrected chi connectivity index (χ2v) is 7.80. The molecular formula is C20H27N3O5. The van der Waals surface area contributed by atoms with Crippen molar-refractivity contribution >= 4 is 23.7 Å². The van der Waals surface area contributed by atoms with Crippen molar-refractivity contribution in [2.75, 3.05) is 11.9 Å². The Bertz CT molecular complexity index is 777. The first-order chi connectivity index (χ1) is 12.9. The molecule has 0 aliphatic heterocycles. The van der Waals surface area contributed by atoms with Gasteiger partial charge in [-0.1, -0.05) is 19.9 Å². The minimum Gasteiger partial charge on any atom is -0.452 e. The molecular weight excluding hydrogens is 362 g/mol. The standard InChI is InChI=1S/C20H27N3O5/c1-13(2)20(6,12-21)23-16(24)11-27-17(25)14-8-7-9-15(10-14)22-18(26)28-19(3,4)5/h7-10,13H,11H2,1-6H3,(H,22,26)(H,23,24)/t20-/m1/s1. The SMILES string of the molecule is CC(C)[C@@](C)(C#N)NC(=O)COC(=O)c1cccc(NC(=O)OC(C)(C)C)c1. The summed E-state index contributed by atoms with van der Waals surface area (Å²) >= 11 is 0. The maximum absolute atomic E-state index is 12.2. The smallest absolute Gasteiger partial charge is 0.412 e. The molecule has 8 heteroatoms. The molecule has 0 aliphatic carbocycles. The van der Waals surface area contributed by atoms with Crippen LogP contribution in [-0.4, -0.2) is 35.7 Å². The number of ether oxygens (including phenoxy) is 2. The lowest BCUT2D eigenvalue weighted by Crippen LogP contribution is -2.50. The lowest BCUT2D eigenvalue weighted by atomic mass is 9.90. The number of carbonyl (C=O) groups excluding carboxylic acids is 3. The van der Waals surface area contributed by atoms with E-state index in [0.717, 1.165) is 0 Å². The van der Waals surface area contributed by atoms with Crippen LogP contribution < -0.4 is 10.6 Å². The summed E-state index contributed by atoms with van der Waals surface area (Å²) < 4.78 is 10.1. The molecule has 1 atom stereocenters. The number of benzene rings is 1. The lowest BCUT2D eigenvalue weighted by Gasteiger charge is -2.27. The fraction of sp³-hybridized carbons (Fsp3) is 0.500. The fourth-order valence-electron chi connectivity index (χ4n) is 1.99. The van der Waals surface area contributed by atoms with Gasteiger partial charge in [0.2, 0.25) is 0 Å². The topological polar surface area (TPSA) is 118 Å². The van der Waals surface area contributed by atoms with Crippen molar-refractivity contribution < 1.29 is 23.9 Å². The molecule has 0 bridgehead atoms. The van der Waals surface area contributed by atoms with Crippen molar-refractivity contribution in [3.8, 4) is 6.07 Å². The Morgan fingerprint density at radius 1 is 1.18 bits per heavy atom. The molecule has 1 aromatic rings. The lowest BCUT2D eigenvalue weighted by molar-refractivity contribution is -0.125. The van der Waals surface area contributed by atoms with Gasteiger partial charge in [-0.3, -0.25) is 10.1 Å². The summed E-state index contributed by atoms with van der Waals surface area (Å²) in [4.78, 5) is 36.0. The van der Waals surface area contributed by atoms with E-state index in [9.17, 15) is 19.6 Å². The zero-order valence-corrected chi connectivity index (χ0v) is 17.1. The zero-order chi connectivity index (χ0) is 21.5. The highest BCUT2D eigenvalue weighted by atomic mass is 16.6. The van der Waals surface area contributed by atoms with Crippen LogP contribution in [0.4, 0.5) is 10.5 Å². The molecule has 0 heterocycles. The summed E-state index contributed by atoms with van der Waals surface area (Å²) in [6.45, 7) is 9.90. The first-order valence-corrected chi connectivity index (χ1v) is 8.86. The number of carbonyl (C=O) groups is 3. The summed E-state index contributed by atoms with van der Waals surface area (Å²) in [6.07, 6.45) is -0.651. The van der Waals surface area contributed by atoms with Crippen LogP contribution in [0.1, 0.15) is 51.9 Å². The molecule has 2 N–H and O–H groups in total. The molecule has 0 aliphatic rings. The van der Waals surface area contributed by atoms with Crippen LogP contribution in [-0.2, 0) is 14.3 Å². The molecule has 0 radical (unpaired) electrons. The molecule has 0 fully saturated rings. The Hall–Kier alpha value is -3.08. The van der Waals surface area contributed by atoms with E-state index in [1.165, 1.54) is 12.1 Å². The minimum atomic E-state index is -1.05. The number of nitrogens with one attached hydrogen (secondary N) is 2. The minimum absolute atomic E-state index is 0.118. The summed E-state index contributed by atoms with van der Waals surface area (Å²) in [5.74, 6) is -1.42. The van der Waals surface area contributed by atoms with Gasteiger partial charge in [0.05, 0.1) is 11.6 Å². The van der Waals surface area contributed by atoms with E-state index < -0.39 is 35.7 Å². The van der Waals surface area contributed by atoms with Gasteiger partial charge < -0.3 is 14.8 Å².